The standard InChI is InChI=1S/C7H9IO2/c1-4-3-9-5-2-6(8)10-7(4)5/h5-7H,1-3H2. The van der Waals surface area contributed by atoms with Gasteiger partial charge in [-0.25, -0.2) is 0 Å². The molecule has 2 rings (SSSR count). The Kier molecular flexibility index (Phi) is 1.74. The van der Waals surface area contributed by atoms with Crippen LogP contribution in [0, 0.1) is 0 Å². The van der Waals surface area contributed by atoms with Crippen LogP contribution in [0.3, 0.4) is 0 Å². The third-order valence-electron chi connectivity index (χ3n) is 1.93. The van der Waals surface area contributed by atoms with Crippen LogP contribution in [0.5, 0.6) is 0 Å². The molecule has 3 unspecified atom stereocenters. The second-order valence-corrected chi connectivity index (χ2v) is 4.10. The zero-order chi connectivity index (χ0) is 7.14. The molecule has 0 saturated carbocycles. The van der Waals surface area contributed by atoms with Crippen LogP contribution >= 0.6 is 22.6 Å². The lowest BCUT2D eigenvalue weighted by Crippen LogP contribution is -2.15. The largest absolute Gasteiger partial charge is 0.371 e. The first-order valence-electron chi connectivity index (χ1n) is 3.36. The molecular weight excluding hydrogens is 243 g/mol. The van der Waals surface area contributed by atoms with E-state index in [0.717, 1.165) is 12.0 Å². The predicted octanol–water partition coefficient (Wildman–Crippen LogP) is 1.49. The SMILES string of the molecule is C=C1COC2CC(I)OC12. The molecule has 2 aliphatic heterocycles. The fourth-order valence-corrected chi connectivity index (χ4v) is 2.24. The van der Waals surface area contributed by atoms with Gasteiger partial charge < -0.3 is 9.47 Å². The summed E-state index contributed by atoms with van der Waals surface area (Å²) in [5.41, 5.74) is 1.10. The molecule has 3 atom stereocenters. The van der Waals surface area contributed by atoms with Crippen molar-refractivity contribution in [2.75, 3.05) is 6.61 Å². The first kappa shape index (κ1) is 7.06. The molecule has 2 aliphatic rings. The van der Waals surface area contributed by atoms with Crippen molar-refractivity contribution in [1.82, 2.24) is 0 Å². The van der Waals surface area contributed by atoms with Crippen LogP contribution < -0.4 is 0 Å². The molecule has 2 nitrogen and oxygen atoms in total. The topological polar surface area (TPSA) is 18.5 Å². The molecule has 0 N–H and O–H groups in total. The second kappa shape index (κ2) is 2.46. The lowest BCUT2D eigenvalue weighted by Gasteiger charge is -2.05. The fourth-order valence-electron chi connectivity index (χ4n) is 1.42. The van der Waals surface area contributed by atoms with Gasteiger partial charge in [-0.3, -0.25) is 0 Å². The first-order valence-corrected chi connectivity index (χ1v) is 4.61. The van der Waals surface area contributed by atoms with Crippen molar-refractivity contribution in [2.45, 2.75) is 22.7 Å². The van der Waals surface area contributed by atoms with Gasteiger partial charge >= 0.3 is 0 Å². The molecular formula is C7H9IO2. The highest BCUT2D eigenvalue weighted by atomic mass is 127. The summed E-state index contributed by atoms with van der Waals surface area (Å²) < 4.78 is 11.3. The molecule has 10 heavy (non-hydrogen) atoms. The third-order valence-corrected chi connectivity index (χ3v) is 2.74. The molecule has 2 saturated heterocycles. The van der Waals surface area contributed by atoms with Crippen LogP contribution in [0.25, 0.3) is 0 Å². The lowest BCUT2D eigenvalue weighted by molar-refractivity contribution is 0.0743. The molecule has 0 radical (unpaired) electrons. The summed E-state index contributed by atoms with van der Waals surface area (Å²) in [5, 5.41) is 0. The van der Waals surface area contributed by atoms with E-state index in [9.17, 15) is 0 Å². The Labute approximate surface area is 73.7 Å². The van der Waals surface area contributed by atoms with Gasteiger partial charge in [0.15, 0.2) is 0 Å². The summed E-state index contributed by atoms with van der Waals surface area (Å²) in [7, 11) is 0. The highest BCUT2D eigenvalue weighted by Gasteiger charge is 2.40. The predicted molar refractivity (Wildman–Crippen MR) is 46.2 cm³/mol. The maximum atomic E-state index is 5.56. The normalized spacial score (nSPS) is 46.1. The number of hydrogen-bond donors (Lipinski definition) is 0. The minimum atomic E-state index is 0.196. The molecule has 0 bridgehead atoms. The summed E-state index contributed by atoms with van der Waals surface area (Å²) in [4.78, 5) is 0. The third kappa shape index (κ3) is 1.00. The van der Waals surface area contributed by atoms with E-state index in [2.05, 4.69) is 29.2 Å². The van der Waals surface area contributed by atoms with E-state index in [1.807, 2.05) is 0 Å². The van der Waals surface area contributed by atoms with Gasteiger partial charge in [-0.05, 0) is 5.57 Å². The number of hydrogen-bond acceptors (Lipinski definition) is 2. The Balaban J connectivity index is 2.12. The zero-order valence-corrected chi connectivity index (χ0v) is 7.71. The Morgan fingerprint density at radius 1 is 1.60 bits per heavy atom. The second-order valence-electron chi connectivity index (χ2n) is 2.71. The number of fused-ring (bicyclic) bond motifs is 1. The van der Waals surface area contributed by atoms with Gasteiger partial charge in [0, 0.05) is 6.42 Å². The van der Waals surface area contributed by atoms with Gasteiger partial charge in [0.25, 0.3) is 0 Å². The number of alkyl halides is 1. The van der Waals surface area contributed by atoms with E-state index in [1.54, 1.807) is 0 Å². The maximum Gasteiger partial charge on any atom is 0.112 e. The average Bonchev–Trinajstić information content (AvgIpc) is 2.35. The monoisotopic (exact) mass is 252 g/mol. The molecule has 0 aromatic heterocycles. The van der Waals surface area contributed by atoms with Gasteiger partial charge in [0.2, 0.25) is 0 Å². The van der Waals surface area contributed by atoms with E-state index in [1.165, 1.54) is 0 Å². The number of halogens is 1. The summed E-state index contributed by atoms with van der Waals surface area (Å²) in [6.45, 7) is 4.57. The molecule has 56 valence electrons. The van der Waals surface area contributed by atoms with Gasteiger partial charge in [0.05, 0.1) is 12.7 Å². The van der Waals surface area contributed by atoms with Gasteiger partial charge in [-0.1, -0.05) is 29.2 Å². The van der Waals surface area contributed by atoms with Gasteiger partial charge in [0.1, 0.15) is 10.2 Å². The highest BCUT2D eigenvalue weighted by Crippen LogP contribution is 2.35. The van der Waals surface area contributed by atoms with E-state index in [0.29, 0.717) is 16.8 Å². The van der Waals surface area contributed by atoms with Crippen molar-refractivity contribution in [1.29, 1.82) is 0 Å². The van der Waals surface area contributed by atoms with Crippen molar-refractivity contribution in [3.8, 4) is 0 Å². The minimum absolute atomic E-state index is 0.196. The van der Waals surface area contributed by atoms with Crippen molar-refractivity contribution in [3.63, 3.8) is 0 Å². The molecule has 0 aromatic rings. The molecule has 0 aromatic carbocycles. The highest BCUT2D eigenvalue weighted by molar-refractivity contribution is 14.1. The number of rotatable bonds is 0. The Morgan fingerprint density at radius 2 is 2.40 bits per heavy atom. The van der Waals surface area contributed by atoms with Gasteiger partial charge in [-0.2, -0.15) is 0 Å². The molecule has 0 amide bonds. The van der Waals surface area contributed by atoms with Crippen LogP contribution in [-0.4, -0.2) is 22.9 Å². The van der Waals surface area contributed by atoms with Crippen LogP contribution in [0.15, 0.2) is 12.2 Å². The summed E-state index contributed by atoms with van der Waals surface area (Å²) in [5.74, 6) is 0. The van der Waals surface area contributed by atoms with Crippen LogP contribution in [-0.2, 0) is 9.47 Å². The van der Waals surface area contributed by atoms with Crippen molar-refractivity contribution >= 4 is 22.6 Å². The Hall–Kier alpha value is 0.390. The van der Waals surface area contributed by atoms with Crippen molar-refractivity contribution in [3.05, 3.63) is 12.2 Å². The van der Waals surface area contributed by atoms with E-state index < -0.39 is 0 Å². The van der Waals surface area contributed by atoms with E-state index >= 15 is 0 Å². The van der Waals surface area contributed by atoms with Crippen LogP contribution in [0.1, 0.15) is 6.42 Å². The fraction of sp³-hybridized carbons (Fsp3) is 0.714. The molecule has 3 heteroatoms. The minimum Gasteiger partial charge on any atom is -0.371 e. The van der Waals surface area contributed by atoms with E-state index in [-0.39, 0.29) is 6.10 Å². The van der Waals surface area contributed by atoms with Crippen molar-refractivity contribution < 1.29 is 9.47 Å². The summed E-state index contributed by atoms with van der Waals surface area (Å²) in [6.07, 6.45) is 1.51. The smallest absolute Gasteiger partial charge is 0.112 e. The molecule has 2 heterocycles. The van der Waals surface area contributed by atoms with Gasteiger partial charge in [-0.15, -0.1) is 0 Å². The molecule has 0 spiro atoms. The first-order chi connectivity index (χ1) is 4.77. The summed E-state index contributed by atoms with van der Waals surface area (Å²) >= 11 is 2.29. The van der Waals surface area contributed by atoms with E-state index in [4.69, 9.17) is 9.47 Å². The zero-order valence-electron chi connectivity index (χ0n) is 5.55. The average molecular weight is 252 g/mol. The van der Waals surface area contributed by atoms with Crippen LogP contribution in [0.2, 0.25) is 0 Å². The summed E-state index contributed by atoms with van der Waals surface area (Å²) in [6, 6.07) is 0. The Bertz CT molecular complexity index is 169. The Morgan fingerprint density at radius 3 is 3.10 bits per heavy atom. The van der Waals surface area contributed by atoms with Crippen LogP contribution in [0.4, 0.5) is 0 Å². The molecule has 2 fully saturated rings. The quantitative estimate of drug-likeness (QED) is 0.369. The lowest BCUT2D eigenvalue weighted by atomic mass is 10.1. The molecule has 0 aliphatic carbocycles. The van der Waals surface area contributed by atoms with Crippen molar-refractivity contribution in [2.24, 2.45) is 0 Å². The maximum absolute atomic E-state index is 5.56. The number of ether oxygens (including phenoxy) is 2.